The lowest BCUT2D eigenvalue weighted by Gasteiger charge is -2.02. The number of nitrogens with zero attached hydrogens (tertiary/aromatic N) is 2. The molecule has 4 heteroatoms. The normalized spacial score (nSPS) is 14.3. The Morgan fingerprint density at radius 3 is 2.75 bits per heavy atom. The molecule has 0 spiro atoms. The van der Waals surface area contributed by atoms with Crippen molar-refractivity contribution in [3.63, 3.8) is 0 Å². The molecule has 0 saturated heterocycles. The Kier molecular flexibility index (Phi) is 2.76. The third kappa shape index (κ3) is 1.60. The summed E-state index contributed by atoms with van der Waals surface area (Å²) in [5.41, 5.74) is 1.99. The zero-order valence-electron chi connectivity index (χ0n) is 8.65. The van der Waals surface area contributed by atoms with Crippen LogP contribution in [0, 0.1) is 22.7 Å². The van der Waals surface area contributed by atoms with Crippen LogP contribution < -0.4 is 0 Å². The van der Waals surface area contributed by atoms with Gasteiger partial charge in [-0.2, -0.15) is 10.5 Å². The van der Waals surface area contributed by atoms with E-state index in [0.29, 0.717) is 12.4 Å². The van der Waals surface area contributed by atoms with Crippen LogP contribution in [-0.4, -0.2) is 6.61 Å². The molecule has 0 fully saturated rings. The lowest BCUT2D eigenvalue weighted by Crippen LogP contribution is -1.90. The first-order chi connectivity index (χ1) is 7.77. The minimum absolute atomic E-state index is 0.0419. The van der Waals surface area contributed by atoms with Gasteiger partial charge < -0.3 is 4.74 Å². The lowest BCUT2D eigenvalue weighted by atomic mass is 10.1. The molecule has 0 bridgehead atoms. The van der Waals surface area contributed by atoms with Crippen LogP contribution >= 0.6 is 11.3 Å². The Hall–Kier alpha value is -2.04. The summed E-state index contributed by atoms with van der Waals surface area (Å²) in [5.74, 6) is 0.421. The van der Waals surface area contributed by atoms with Crippen molar-refractivity contribution in [1.82, 2.24) is 0 Å². The van der Waals surface area contributed by atoms with E-state index in [4.69, 9.17) is 15.3 Å². The average molecular weight is 228 g/mol. The fourth-order valence-electron chi connectivity index (χ4n) is 1.59. The molecule has 0 aliphatic carbocycles. The second-order valence-corrected chi connectivity index (χ2v) is 4.30. The Morgan fingerprint density at radius 2 is 2.19 bits per heavy atom. The molecule has 0 N–H and O–H groups in total. The van der Waals surface area contributed by atoms with E-state index in [2.05, 4.69) is 0 Å². The monoisotopic (exact) mass is 228 g/mol. The maximum atomic E-state index is 8.86. The van der Waals surface area contributed by atoms with E-state index < -0.39 is 0 Å². The van der Waals surface area contributed by atoms with Gasteiger partial charge in [-0.05, 0) is 23.9 Å². The van der Waals surface area contributed by atoms with Gasteiger partial charge in [-0.15, -0.1) is 11.3 Å². The van der Waals surface area contributed by atoms with Gasteiger partial charge in [0.05, 0.1) is 0 Å². The van der Waals surface area contributed by atoms with Crippen molar-refractivity contribution < 1.29 is 4.74 Å². The second-order valence-electron chi connectivity index (χ2n) is 3.35. The molecule has 0 amide bonds. The van der Waals surface area contributed by atoms with Gasteiger partial charge in [0.2, 0.25) is 0 Å². The quantitative estimate of drug-likeness (QED) is 0.694. The van der Waals surface area contributed by atoms with Gasteiger partial charge in [0.15, 0.2) is 11.3 Å². The van der Waals surface area contributed by atoms with Crippen LogP contribution in [0.25, 0.3) is 5.57 Å². The Labute approximate surface area is 97.5 Å². The topological polar surface area (TPSA) is 56.8 Å². The maximum absolute atomic E-state index is 8.86. The lowest BCUT2D eigenvalue weighted by molar-refractivity contribution is 0.273. The van der Waals surface area contributed by atoms with Crippen molar-refractivity contribution in [2.45, 2.75) is 6.92 Å². The predicted molar refractivity (Wildman–Crippen MR) is 61.1 cm³/mol. The van der Waals surface area contributed by atoms with Gasteiger partial charge in [0, 0.05) is 10.5 Å². The van der Waals surface area contributed by atoms with Crippen molar-refractivity contribution in [3.05, 3.63) is 39.3 Å². The summed E-state index contributed by atoms with van der Waals surface area (Å²) in [7, 11) is 0. The summed E-state index contributed by atoms with van der Waals surface area (Å²) in [6.07, 6.45) is 0. The fourth-order valence-corrected chi connectivity index (χ4v) is 2.43. The average Bonchev–Trinajstić information content (AvgIpc) is 2.90. The van der Waals surface area contributed by atoms with E-state index in [1.807, 2.05) is 36.6 Å². The van der Waals surface area contributed by atoms with Crippen LogP contribution in [0.4, 0.5) is 0 Å². The Morgan fingerprint density at radius 1 is 1.44 bits per heavy atom. The van der Waals surface area contributed by atoms with E-state index in [-0.39, 0.29) is 5.57 Å². The third-order valence-electron chi connectivity index (χ3n) is 2.31. The number of nitriles is 2. The number of thiophene rings is 1. The molecule has 0 atom stereocenters. The third-order valence-corrected chi connectivity index (χ3v) is 3.19. The molecule has 1 aromatic heterocycles. The molecule has 1 aliphatic heterocycles. The van der Waals surface area contributed by atoms with Gasteiger partial charge in [-0.1, -0.05) is 6.07 Å². The highest BCUT2D eigenvalue weighted by Crippen LogP contribution is 2.37. The highest BCUT2D eigenvalue weighted by molar-refractivity contribution is 7.11. The van der Waals surface area contributed by atoms with E-state index in [1.54, 1.807) is 11.3 Å². The first-order valence-electron chi connectivity index (χ1n) is 4.69. The highest BCUT2D eigenvalue weighted by Gasteiger charge is 2.24. The standard InChI is InChI=1S/C12H8N2OS/c1-8-7-15-12(9(5-13)6-14)11(8)10-3-2-4-16-10/h2-4H,7H2,1H3. The summed E-state index contributed by atoms with van der Waals surface area (Å²) < 4.78 is 5.41. The van der Waals surface area contributed by atoms with E-state index in [9.17, 15) is 0 Å². The van der Waals surface area contributed by atoms with Gasteiger partial charge in [0.1, 0.15) is 18.7 Å². The Bertz CT molecular complexity index is 537. The molecule has 0 aromatic carbocycles. The van der Waals surface area contributed by atoms with Crippen molar-refractivity contribution in [3.8, 4) is 12.1 Å². The molecule has 78 valence electrons. The van der Waals surface area contributed by atoms with Gasteiger partial charge in [0.25, 0.3) is 0 Å². The number of hydrogen-bond acceptors (Lipinski definition) is 4. The minimum Gasteiger partial charge on any atom is -0.486 e. The van der Waals surface area contributed by atoms with Crippen LogP contribution in [0.3, 0.4) is 0 Å². The van der Waals surface area contributed by atoms with E-state index >= 15 is 0 Å². The van der Waals surface area contributed by atoms with Crippen molar-refractivity contribution in [2.75, 3.05) is 6.61 Å². The SMILES string of the molecule is CC1=C(c2cccs2)C(=C(C#N)C#N)OC1. The van der Waals surface area contributed by atoms with E-state index in [0.717, 1.165) is 16.0 Å². The number of hydrogen-bond donors (Lipinski definition) is 0. The molecular weight excluding hydrogens is 220 g/mol. The van der Waals surface area contributed by atoms with Crippen LogP contribution in [0.1, 0.15) is 11.8 Å². The van der Waals surface area contributed by atoms with Crippen molar-refractivity contribution in [2.24, 2.45) is 0 Å². The largest absolute Gasteiger partial charge is 0.486 e. The summed E-state index contributed by atoms with van der Waals surface area (Å²) in [4.78, 5) is 1.04. The van der Waals surface area contributed by atoms with Gasteiger partial charge >= 0.3 is 0 Å². The molecular formula is C12H8N2OS. The molecule has 2 heterocycles. The fraction of sp³-hybridized carbons (Fsp3) is 0.167. The van der Waals surface area contributed by atoms with Crippen molar-refractivity contribution in [1.29, 1.82) is 10.5 Å². The predicted octanol–water partition coefficient (Wildman–Crippen LogP) is 2.85. The zero-order valence-corrected chi connectivity index (χ0v) is 9.47. The molecule has 0 unspecified atom stereocenters. The summed E-state index contributed by atoms with van der Waals surface area (Å²) in [5, 5.41) is 19.7. The smallest absolute Gasteiger partial charge is 0.172 e. The molecule has 0 saturated carbocycles. The molecule has 0 radical (unpaired) electrons. The maximum Gasteiger partial charge on any atom is 0.172 e. The molecule has 1 aliphatic rings. The summed E-state index contributed by atoms with van der Waals surface area (Å²) in [6, 6.07) is 7.64. The number of allylic oxidation sites excluding steroid dienone is 2. The van der Waals surface area contributed by atoms with Crippen LogP contribution in [-0.2, 0) is 4.74 Å². The molecule has 1 aromatic rings. The van der Waals surface area contributed by atoms with E-state index in [1.165, 1.54) is 0 Å². The number of rotatable bonds is 1. The summed E-state index contributed by atoms with van der Waals surface area (Å²) in [6.45, 7) is 2.41. The minimum atomic E-state index is 0.0419. The van der Waals surface area contributed by atoms with Crippen molar-refractivity contribution >= 4 is 16.9 Å². The first-order valence-corrected chi connectivity index (χ1v) is 5.57. The molecule has 16 heavy (non-hydrogen) atoms. The molecule has 3 nitrogen and oxygen atoms in total. The zero-order chi connectivity index (χ0) is 11.5. The highest BCUT2D eigenvalue weighted by atomic mass is 32.1. The molecule has 2 rings (SSSR count). The van der Waals surface area contributed by atoms with Gasteiger partial charge in [-0.3, -0.25) is 0 Å². The Balaban J connectivity index is 2.59. The second kappa shape index (κ2) is 4.22. The van der Waals surface area contributed by atoms with Crippen LogP contribution in [0.5, 0.6) is 0 Å². The first kappa shape index (κ1) is 10.5. The van der Waals surface area contributed by atoms with Crippen LogP contribution in [0.15, 0.2) is 34.4 Å². The number of ether oxygens (including phenoxy) is 1. The van der Waals surface area contributed by atoms with Crippen LogP contribution in [0.2, 0.25) is 0 Å². The van der Waals surface area contributed by atoms with Gasteiger partial charge in [-0.25, -0.2) is 0 Å². The summed E-state index contributed by atoms with van der Waals surface area (Å²) >= 11 is 1.58.